The van der Waals surface area contributed by atoms with Gasteiger partial charge in [-0.25, -0.2) is 4.79 Å². The van der Waals surface area contributed by atoms with Crippen molar-refractivity contribution in [1.29, 1.82) is 0 Å². The van der Waals surface area contributed by atoms with E-state index in [1.807, 2.05) is 51.1 Å². The lowest BCUT2D eigenvalue weighted by molar-refractivity contribution is -0.177. The van der Waals surface area contributed by atoms with Gasteiger partial charge in [-0.2, -0.15) is 0 Å². The molecule has 0 radical (unpaired) electrons. The summed E-state index contributed by atoms with van der Waals surface area (Å²) in [6, 6.07) is 7.48. The molecule has 4 N–H and O–H groups in total. The van der Waals surface area contributed by atoms with Crippen LogP contribution in [0.15, 0.2) is 59.1 Å². The molecule has 19 nitrogen and oxygen atoms in total. The highest BCUT2D eigenvalue weighted by Gasteiger charge is 2.46. The normalized spacial score (nSPS) is 26.9. The molecule has 76 heavy (non-hydrogen) atoms. The molecule has 2 aromatic rings. The number of likely N-dealkylation sites (N-methyl/N-ethyl adjacent to an activating group) is 4. The maximum atomic E-state index is 15.0. The molecule has 8 amide bonds. The molecular formula is C56H83BrN8O11. The summed E-state index contributed by atoms with van der Waals surface area (Å²) >= 11 is 3.52. The number of nitrogens with zero attached hydrogens (tertiary/aromatic N) is 5. The van der Waals surface area contributed by atoms with Crippen molar-refractivity contribution < 1.29 is 53.0 Å². The number of rotatable bonds is 11. The highest BCUT2D eigenvalue weighted by molar-refractivity contribution is 9.10. The van der Waals surface area contributed by atoms with Gasteiger partial charge >= 0.3 is 5.97 Å². The van der Waals surface area contributed by atoms with E-state index in [-0.39, 0.29) is 44.7 Å². The number of benzene rings is 2. The summed E-state index contributed by atoms with van der Waals surface area (Å²) in [5.41, 5.74) is -0.537. The zero-order valence-corrected chi connectivity index (χ0v) is 48.5. The zero-order valence-electron chi connectivity index (χ0n) is 46.9. The Morgan fingerprint density at radius 1 is 0.658 bits per heavy atom. The van der Waals surface area contributed by atoms with E-state index in [2.05, 4.69) is 31.9 Å². The third kappa shape index (κ3) is 15.9. The second kappa shape index (κ2) is 27.4. The van der Waals surface area contributed by atoms with Crippen LogP contribution < -0.4 is 16.0 Å². The summed E-state index contributed by atoms with van der Waals surface area (Å²) in [7, 11) is 5.58. The van der Waals surface area contributed by atoms with E-state index in [4.69, 9.17) is 4.74 Å². The number of carbonyl (C=O) groups is 9. The van der Waals surface area contributed by atoms with Gasteiger partial charge in [0, 0.05) is 64.5 Å². The van der Waals surface area contributed by atoms with E-state index in [0.29, 0.717) is 18.4 Å². The van der Waals surface area contributed by atoms with Crippen LogP contribution in [0, 0.1) is 23.7 Å². The number of cyclic esters (lactones) is 1. The molecule has 11 atom stereocenters. The van der Waals surface area contributed by atoms with Gasteiger partial charge in [0.2, 0.25) is 41.4 Å². The Balaban J connectivity index is 1.87. The molecule has 20 heteroatoms. The Hall–Kier alpha value is -5.89. The first-order valence-corrected chi connectivity index (χ1v) is 27.3. The van der Waals surface area contributed by atoms with Crippen molar-refractivity contribution in [3.8, 4) is 0 Å². The van der Waals surface area contributed by atoms with Crippen LogP contribution in [0.1, 0.15) is 106 Å². The van der Waals surface area contributed by atoms with Gasteiger partial charge in [-0.05, 0) is 82.1 Å². The van der Waals surface area contributed by atoms with Gasteiger partial charge in [-0.1, -0.05) is 106 Å². The van der Waals surface area contributed by atoms with Crippen LogP contribution in [0.4, 0.5) is 0 Å². The van der Waals surface area contributed by atoms with E-state index in [0.717, 1.165) is 19.8 Å². The van der Waals surface area contributed by atoms with E-state index < -0.39 is 125 Å². The summed E-state index contributed by atoms with van der Waals surface area (Å²) in [6.07, 6.45) is -0.265. The third-order valence-electron chi connectivity index (χ3n) is 15.2. The average Bonchev–Trinajstić information content (AvgIpc) is 3.88. The van der Waals surface area contributed by atoms with Crippen molar-refractivity contribution in [3.63, 3.8) is 0 Å². The van der Waals surface area contributed by atoms with Gasteiger partial charge < -0.3 is 50.3 Å². The zero-order chi connectivity index (χ0) is 57.1. The summed E-state index contributed by atoms with van der Waals surface area (Å²) in [6.45, 7) is 16.5. The maximum absolute atomic E-state index is 15.0. The van der Waals surface area contributed by atoms with Gasteiger partial charge in [0.25, 0.3) is 5.91 Å². The number of esters is 1. The fraction of sp³-hybridized carbons (Fsp3) is 0.625. The van der Waals surface area contributed by atoms with Crippen LogP contribution in [0.3, 0.4) is 0 Å². The van der Waals surface area contributed by atoms with E-state index in [1.54, 1.807) is 45.0 Å². The van der Waals surface area contributed by atoms with E-state index in [9.17, 15) is 43.5 Å². The van der Waals surface area contributed by atoms with Crippen molar-refractivity contribution >= 4 is 69.2 Å². The standard InChI is InChI=1S/C56H83BrN8O11/c1-15-33(5)44-53(72)61(11)35(7)47(66)58-41(27-32(3)4)51(70)64(14)46(56(9,10)75)55(74)76-45(34(6)16-2)54(73)62(12)36(8)48(67)59-42(29-37-21-18-17-19-22-37)50(69)63(13)43(30-38-23-20-24-40(57)28-38)52(71)65-26-25-39(31-65)49(68)60-44/h17-24,28,32-36,39,41-46,75H,15-16,25-27,29-31H2,1-14H3,(H,58,66)(H,59,67)(H,60,68)/t33?,34-,35+,36+,39-,41?,42?,43+,44+,45?,46-/m1/s1. The number of fused-ring (bicyclic) bond motifs is 2. The fourth-order valence-electron chi connectivity index (χ4n) is 9.60. The number of aliphatic hydroxyl groups is 1. The Bertz CT molecular complexity index is 2400. The minimum Gasteiger partial charge on any atom is -0.450 e. The number of halogens is 1. The van der Waals surface area contributed by atoms with Gasteiger partial charge in [0.05, 0.1) is 11.5 Å². The summed E-state index contributed by atoms with van der Waals surface area (Å²) in [5, 5.41) is 20.1. The molecular weight excluding hydrogens is 1040 g/mol. The Kier molecular flexibility index (Phi) is 22.6. The van der Waals surface area contributed by atoms with Gasteiger partial charge in [0.1, 0.15) is 36.3 Å². The number of amides is 8. The minimum atomic E-state index is -1.96. The van der Waals surface area contributed by atoms with Crippen LogP contribution in [0.2, 0.25) is 0 Å². The molecule has 4 unspecified atom stereocenters. The number of carbonyl (C=O) groups excluding carboxylic acids is 9. The van der Waals surface area contributed by atoms with Crippen LogP contribution in [0.5, 0.6) is 0 Å². The van der Waals surface area contributed by atoms with Crippen LogP contribution in [-0.2, 0) is 60.7 Å². The molecule has 0 saturated carbocycles. The maximum Gasteiger partial charge on any atom is 0.332 e. The number of nitrogens with one attached hydrogen (secondary N) is 3. The van der Waals surface area contributed by atoms with Crippen molar-refractivity contribution in [1.82, 2.24) is 40.4 Å². The highest BCUT2D eigenvalue weighted by atomic mass is 79.9. The van der Waals surface area contributed by atoms with Crippen LogP contribution in [-0.4, -0.2) is 178 Å². The molecule has 2 bridgehead atoms. The predicted molar refractivity (Wildman–Crippen MR) is 291 cm³/mol. The monoisotopic (exact) mass is 1120 g/mol. The fourth-order valence-corrected chi connectivity index (χ4v) is 10.1. The lowest BCUT2D eigenvalue weighted by Crippen LogP contribution is -2.62. The first-order chi connectivity index (χ1) is 35.5. The van der Waals surface area contributed by atoms with Crippen LogP contribution in [0.25, 0.3) is 0 Å². The SMILES string of the molecule is CCC(C)[C@@H]1NC(=O)[C@@H]2CCN(C2)C(=O)[C@H](Cc2cccc(Br)c2)N(C)C(=O)C(Cc2ccccc2)NC(=O)[C@H](C)N(C)C(=O)C([C@H](C)CC)OC(=O)[C@H](C(C)(C)O)N(C)C(=O)C(CC(C)C)NC(=O)[C@H](C)N(C)C1=O. The first kappa shape index (κ1) is 62.6. The van der Waals surface area contributed by atoms with Gasteiger partial charge in [-0.15, -0.1) is 0 Å². The summed E-state index contributed by atoms with van der Waals surface area (Å²) in [4.78, 5) is 137. The Morgan fingerprint density at radius 3 is 1.76 bits per heavy atom. The summed E-state index contributed by atoms with van der Waals surface area (Å²) in [5.74, 6) is -8.07. The molecule has 2 aliphatic heterocycles. The van der Waals surface area contributed by atoms with Crippen molar-refractivity contribution in [2.24, 2.45) is 23.7 Å². The van der Waals surface area contributed by atoms with Crippen LogP contribution >= 0.6 is 15.9 Å². The second-order valence-electron chi connectivity index (χ2n) is 21.9. The van der Waals surface area contributed by atoms with E-state index in [1.165, 1.54) is 70.6 Å². The van der Waals surface area contributed by atoms with Gasteiger partial charge in [0.15, 0.2) is 12.1 Å². The second-order valence-corrected chi connectivity index (χ2v) is 22.8. The van der Waals surface area contributed by atoms with Gasteiger partial charge in [-0.3, -0.25) is 38.4 Å². The average molecular weight is 1120 g/mol. The summed E-state index contributed by atoms with van der Waals surface area (Å²) < 4.78 is 6.74. The number of hydrogen-bond donors (Lipinski definition) is 4. The Labute approximate surface area is 457 Å². The molecule has 0 aromatic heterocycles. The quantitative estimate of drug-likeness (QED) is 0.237. The lowest BCUT2D eigenvalue weighted by atomic mass is 9.94. The molecule has 2 saturated heterocycles. The smallest absolute Gasteiger partial charge is 0.332 e. The largest absolute Gasteiger partial charge is 0.450 e. The predicted octanol–water partition coefficient (Wildman–Crippen LogP) is 3.72. The third-order valence-corrected chi connectivity index (χ3v) is 15.7. The molecule has 0 spiro atoms. The first-order valence-electron chi connectivity index (χ1n) is 26.5. The molecule has 0 aliphatic carbocycles. The number of hydrogen-bond acceptors (Lipinski definition) is 11. The highest BCUT2D eigenvalue weighted by Crippen LogP contribution is 2.26. The minimum absolute atomic E-state index is 0.00725. The molecule has 2 fully saturated rings. The number of ether oxygens (including phenoxy) is 1. The van der Waals surface area contributed by atoms with Crippen molar-refractivity contribution in [2.75, 3.05) is 41.3 Å². The molecule has 2 heterocycles. The molecule has 2 aromatic carbocycles. The Morgan fingerprint density at radius 2 is 1.21 bits per heavy atom. The van der Waals surface area contributed by atoms with Crippen molar-refractivity contribution in [2.45, 2.75) is 162 Å². The molecule has 2 aliphatic rings. The molecule has 4 rings (SSSR count). The lowest BCUT2D eigenvalue weighted by Gasteiger charge is -2.39. The van der Waals surface area contributed by atoms with Crippen molar-refractivity contribution in [3.05, 3.63) is 70.2 Å². The molecule has 420 valence electrons. The topological polar surface area (TPSA) is 235 Å². The van der Waals surface area contributed by atoms with E-state index >= 15 is 4.79 Å².